The van der Waals surface area contributed by atoms with Gasteiger partial charge in [-0.05, 0) is 29.3 Å². The van der Waals surface area contributed by atoms with Gasteiger partial charge in [0.05, 0.1) is 5.56 Å². The number of hydrogen-bond acceptors (Lipinski definition) is 2. The molecule has 0 saturated heterocycles. The summed E-state index contributed by atoms with van der Waals surface area (Å²) in [5, 5.41) is 12.2. The minimum absolute atomic E-state index is 0.273. The summed E-state index contributed by atoms with van der Waals surface area (Å²) in [5.74, 6) is -1.21. The number of benzene rings is 2. The molecule has 0 aliphatic rings. The van der Waals surface area contributed by atoms with Crippen LogP contribution in [0.1, 0.15) is 21.5 Å². The van der Waals surface area contributed by atoms with Gasteiger partial charge in [-0.25, -0.2) is 9.18 Å². The summed E-state index contributed by atoms with van der Waals surface area (Å²) in [7, 11) is 0. The number of nitrogens with one attached hydrogen (secondary N) is 1. The Morgan fingerprint density at radius 1 is 1.11 bits per heavy atom. The van der Waals surface area contributed by atoms with E-state index in [0.29, 0.717) is 18.7 Å². The number of carboxylic acids is 1. The standard InChI is InChI=1S/C15H14FNO2/c16-13-6-3-4-11(8-13)9-17-10-12-5-1-2-7-14(12)15(18)19/h1-8,17H,9-10H2,(H,18,19). The molecular weight excluding hydrogens is 245 g/mol. The maximum atomic E-state index is 13.0. The molecule has 0 aliphatic heterocycles. The topological polar surface area (TPSA) is 49.3 Å². The van der Waals surface area contributed by atoms with Gasteiger partial charge in [-0.15, -0.1) is 0 Å². The molecule has 0 unspecified atom stereocenters. The highest BCUT2D eigenvalue weighted by atomic mass is 19.1. The maximum Gasteiger partial charge on any atom is 0.336 e. The molecule has 0 atom stereocenters. The molecule has 2 aromatic carbocycles. The quantitative estimate of drug-likeness (QED) is 0.868. The SMILES string of the molecule is O=C(O)c1ccccc1CNCc1cccc(F)c1. The normalized spacial score (nSPS) is 10.4. The monoisotopic (exact) mass is 259 g/mol. The molecule has 19 heavy (non-hydrogen) atoms. The molecule has 0 amide bonds. The van der Waals surface area contributed by atoms with E-state index in [0.717, 1.165) is 5.56 Å². The Balaban J connectivity index is 1.98. The molecule has 0 aliphatic carbocycles. The summed E-state index contributed by atoms with van der Waals surface area (Å²) in [6.07, 6.45) is 0. The highest BCUT2D eigenvalue weighted by Gasteiger charge is 2.08. The van der Waals surface area contributed by atoms with E-state index in [1.165, 1.54) is 12.1 Å². The molecule has 3 nitrogen and oxygen atoms in total. The van der Waals surface area contributed by atoms with Gasteiger partial charge in [-0.2, -0.15) is 0 Å². The molecular formula is C15H14FNO2. The first-order chi connectivity index (χ1) is 9.16. The van der Waals surface area contributed by atoms with Crippen LogP contribution in [0.3, 0.4) is 0 Å². The summed E-state index contributed by atoms with van der Waals surface area (Å²) in [6, 6.07) is 13.1. The number of halogens is 1. The third kappa shape index (κ3) is 3.63. The van der Waals surface area contributed by atoms with Crippen molar-refractivity contribution in [2.75, 3.05) is 0 Å². The Bertz CT molecular complexity index is 584. The van der Waals surface area contributed by atoms with Crippen molar-refractivity contribution in [2.45, 2.75) is 13.1 Å². The van der Waals surface area contributed by atoms with Crippen LogP contribution in [-0.4, -0.2) is 11.1 Å². The van der Waals surface area contributed by atoms with Crippen molar-refractivity contribution in [3.63, 3.8) is 0 Å². The van der Waals surface area contributed by atoms with Gasteiger partial charge in [0.25, 0.3) is 0 Å². The van der Waals surface area contributed by atoms with Crippen LogP contribution in [0.15, 0.2) is 48.5 Å². The van der Waals surface area contributed by atoms with E-state index in [1.807, 2.05) is 6.07 Å². The number of hydrogen-bond donors (Lipinski definition) is 2. The average Bonchev–Trinajstić information content (AvgIpc) is 2.39. The second-order valence-corrected chi connectivity index (χ2v) is 4.20. The lowest BCUT2D eigenvalue weighted by Crippen LogP contribution is -2.15. The average molecular weight is 259 g/mol. The number of rotatable bonds is 5. The van der Waals surface area contributed by atoms with Gasteiger partial charge in [0.15, 0.2) is 0 Å². The number of carboxylic acid groups (broad SMARTS) is 1. The first-order valence-corrected chi connectivity index (χ1v) is 5.93. The Morgan fingerprint density at radius 3 is 2.63 bits per heavy atom. The molecule has 0 fully saturated rings. The van der Waals surface area contributed by atoms with Crippen molar-refractivity contribution in [1.29, 1.82) is 0 Å². The van der Waals surface area contributed by atoms with Crippen molar-refractivity contribution in [1.82, 2.24) is 5.32 Å². The van der Waals surface area contributed by atoms with Crippen molar-refractivity contribution >= 4 is 5.97 Å². The second-order valence-electron chi connectivity index (χ2n) is 4.20. The second kappa shape index (κ2) is 6.11. The minimum atomic E-state index is -0.942. The van der Waals surface area contributed by atoms with Gasteiger partial charge in [0.1, 0.15) is 5.82 Å². The van der Waals surface area contributed by atoms with E-state index in [-0.39, 0.29) is 11.4 Å². The third-order valence-corrected chi connectivity index (χ3v) is 2.78. The van der Waals surface area contributed by atoms with Gasteiger partial charge in [0, 0.05) is 13.1 Å². The largest absolute Gasteiger partial charge is 0.478 e. The fourth-order valence-electron chi connectivity index (χ4n) is 1.87. The van der Waals surface area contributed by atoms with Crippen molar-refractivity contribution in [3.05, 3.63) is 71.0 Å². The van der Waals surface area contributed by atoms with E-state index in [2.05, 4.69) is 5.32 Å². The number of aromatic carboxylic acids is 1. The highest BCUT2D eigenvalue weighted by Crippen LogP contribution is 2.09. The number of carbonyl (C=O) groups is 1. The first-order valence-electron chi connectivity index (χ1n) is 5.93. The van der Waals surface area contributed by atoms with Crippen molar-refractivity contribution < 1.29 is 14.3 Å². The Kier molecular flexibility index (Phi) is 4.26. The Labute approximate surface area is 110 Å². The molecule has 0 radical (unpaired) electrons. The van der Waals surface area contributed by atoms with Crippen LogP contribution in [-0.2, 0) is 13.1 Å². The van der Waals surface area contributed by atoms with E-state index < -0.39 is 5.97 Å². The van der Waals surface area contributed by atoms with Crippen LogP contribution >= 0.6 is 0 Å². The fraction of sp³-hybridized carbons (Fsp3) is 0.133. The van der Waals surface area contributed by atoms with E-state index in [1.54, 1.807) is 30.3 Å². The maximum absolute atomic E-state index is 13.0. The zero-order valence-corrected chi connectivity index (χ0v) is 10.3. The van der Waals surface area contributed by atoms with Crippen LogP contribution in [0.25, 0.3) is 0 Å². The molecule has 4 heteroatoms. The predicted octanol–water partition coefficient (Wildman–Crippen LogP) is 2.81. The first kappa shape index (κ1) is 13.2. The molecule has 0 aromatic heterocycles. The van der Waals surface area contributed by atoms with Gasteiger partial charge in [0.2, 0.25) is 0 Å². The van der Waals surface area contributed by atoms with E-state index in [9.17, 15) is 9.18 Å². The summed E-state index contributed by atoms with van der Waals surface area (Å²) >= 11 is 0. The van der Waals surface area contributed by atoms with Crippen LogP contribution < -0.4 is 5.32 Å². The molecule has 2 rings (SSSR count). The highest BCUT2D eigenvalue weighted by molar-refractivity contribution is 5.89. The van der Waals surface area contributed by atoms with Gasteiger partial charge < -0.3 is 10.4 Å². The van der Waals surface area contributed by atoms with Crippen LogP contribution in [0.5, 0.6) is 0 Å². The summed E-state index contributed by atoms with van der Waals surface area (Å²) in [5.41, 5.74) is 1.83. The summed E-state index contributed by atoms with van der Waals surface area (Å²) < 4.78 is 13.0. The lowest BCUT2D eigenvalue weighted by molar-refractivity contribution is 0.0695. The zero-order valence-electron chi connectivity index (χ0n) is 10.3. The van der Waals surface area contributed by atoms with Gasteiger partial charge >= 0.3 is 5.97 Å². The van der Waals surface area contributed by atoms with Gasteiger partial charge in [-0.1, -0.05) is 30.3 Å². The molecule has 2 aromatic rings. The van der Waals surface area contributed by atoms with Crippen LogP contribution in [0.2, 0.25) is 0 Å². The van der Waals surface area contributed by atoms with Crippen molar-refractivity contribution in [2.24, 2.45) is 0 Å². The smallest absolute Gasteiger partial charge is 0.336 e. The summed E-state index contributed by atoms with van der Waals surface area (Å²) in [4.78, 5) is 11.0. The molecule has 0 spiro atoms. The zero-order chi connectivity index (χ0) is 13.7. The van der Waals surface area contributed by atoms with Crippen molar-refractivity contribution in [3.8, 4) is 0 Å². The molecule has 0 bridgehead atoms. The fourth-order valence-corrected chi connectivity index (χ4v) is 1.87. The third-order valence-electron chi connectivity index (χ3n) is 2.78. The lowest BCUT2D eigenvalue weighted by Gasteiger charge is -2.08. The molecule has 0 heterocycles. The lowest BCUT2D eigenvalue weighted by atomic mass is 10.1. The van der Waals surface area contributed by atoms with E-state index >= 15 is 0 Å². The molecule has 2 N–H and O–H groups in total. The minimum Gasteiger partial charge on any atom is -0.478 e. The summed E-state index contributed by atoms with van der Waals surface area (Å²) in [6.45, 7) is 0.921. The van der Waals surface area contributed by atoms with Gasteiger partial charge in [-0.3, -0.25) is 0 Å². The van der Waals surface area contributed by atoms with E-state index in [4.69, 9.17) is 5.11 Å². The Hall–Kier alpha value is -2.20. The molecule has 98 valence electrons. The Morgan fingerprint density at radius 2 is 1.89 bits per heavy atom. The molecule has 0 saturated carbocycles. The van der Waals surface area contributed by atoms with Crippen LogP contribution in [0, 0.1) is 5.82 Å². The van der Waals surface area contributed by atoms with Crippen LogP contribution in [0.4, 0.5) is 4.39 Å². The predicted molar refractivity (Wildman–Crippen MR) is 70.3 cm³/mol.